The van der Waals surface area contributed by atoms with Crippen molar-refractivity contribution in [2.75, 3.05) is 0 Å². The van der Waals surface area contributed by atoms with Gasteiger partial charge in [-0.25, -0.2) is 0 Å². The van der Waals surface area contributed by atoms with Gasteiger partial charge in [0.1, 0.15) is 5.58 Å². The SMILES string of the molecule is O=C(Cc1coc2cc3c(cc12)CCC3)NC1CCCC1. The number of hydrogen-bond donors (Lipinski definition) is 1. The second-order valence-electron chi connectivity index (χ2n) is 6.46. The summed E-state index contributed by atoms with van der Waals surface area (Å²) in [5.41, 5.74) is 4.80. The summed E-state index contributed by atoms with van der Waals surface area (Å²) < 4.78 is 5.67. The van der Waals surface area contributed by atoms with Crippen LogP contribution >= 0.6 is 0 Å². The first kappa shape index (κ1) is 12.9. The van der Waals surface area contributed by atoms with Crippen molar-refractivity contribution in [1.82, 2.24) is 5.32 Å². The summed E-state index contributed by atoms with van der Waals surface area (Å²) in [7, 11) is 0. The molecule has 1 N–H and O–H groups in total. The predicted molar refractivity (Wildman–Crippen MR) is 82.3 cm³/mol. The number of fused-ring (bicyclic) bond motifs is 2. The number of nitrogens with one attached hydrogen (secondary N) is 1. The highest BCUT2D eigenvalue weighted by atomic mass is 16.3. The lowest BCUT2D eigenvalue weighted by Crippen LogP contribution is -2.33. The minimum Gasteiger partial charge on any atom is -0.464 e. The maximum absolute atomic E-state index is 12.2. The van der Waals surface area contributed by atoms with Crippen molar-refractivity contribution in [2.24, 2.45) is 0 Å². The Labute approximate surface area is 124 Å². The van der Waals surface area contributed by atoms with Crippen molar-refractivity contribution in [1.29, 1.82) is 0 Å². The molecule has 2 aliphatic rings. The lowest BCUT2D eigenvalue weighted by Gasteiger charge is -2.11. The number of aryl methyl sites for hydroxylation is 2. The molecule has 1 aromatic heterocycles. The van der Waals surface area contributed by atoms with Crippen LogP contribution in [0, 0.1) is 0 Å². The summed E-state index contributed by atoms with van der Waals surface area (Å²) in [6.45, 7) is 0. The zero-order valence-corrected chi connectivity index (χ0v) is 12.3. The fourth-order valence-corrected chi connectivity index (χ4v) is 3.81. The van der Waals surface area contributed by atoms with Gasteiger partial charge < -0.3 is 9.73 Å². The monoisotopic (exact) mass is 283 g/mol. The van der Waals surface area contributed by atoms with Gasteiger partial charge in [0.15, 0.2) is 0 Å². The predicted octanol–water partition coefficient (Wildman–Crippen LogP) is 3.52. The number of rotatable bonds is 3. The third-order valence-electron chi connectivity index (χ3n) is 4.94. The van der Waals surface area contributed by atoms with E-state index in [0.29, 0.717) is 12.5 Å². The molecule has 110 valence electrons. The summed E-state index contributed by atoms with van der Waals surface area (Å²) in [5, 5.41) is 4.28. The summed E-state index contributed by atoms with van der Waals surface area (Å²) in [5.74, 6) is 0.130. The van der Waals surface area contributed by atoms with Gasteiger partial charge in [-0.2, -0.15) is 0 Å². The molecule has 2 aromatic rings. The van der Waals surface area contributed by atoms with Gasteiger partial charge in [0.2, 0.25) is 5.91 Å². The van der Waals surface area contributed by atoms with Gasteiger partial charge >= 0.3 is 0 Å². The van der Waals surface area contributed by atoms with Crippen LogP contribution in [0.1, 0.15) is 48.8 Å². The van der Waals surface area contributed by atoms with Crippen molar-refractivity contribution in [3.63, 3.8) is 0 Å². The highest BCUT2D eigenvalue weighted by Gasteiger charge is 2.19. The van der Waals surface area contributed by atoms with Crippen molar-refractivity contribution < 1.29 is 9.21 Å². The van der Waals surface area contributed by atoms with Crippen LogP contribution in [0.2, 0.25) is 0 Å². The smallest absolute Gasteiger partial charge is 0.224 e. The molecule has 1 fully saturated rings. The van der Waals surface area contributed by atoms with E-state index in [0.717, 1.165) is 42.2 Å². The van der Waals surface area contributed by atoms with Crippen LogP contribution in [-0.4, -0.2) is 11.9 Å². The van der Waals surface area contributed by atoms with Gasteiger partial charge in [-0.15, -0.1) is 0 Å². The summed E-state index contributed by atoms with van der Waals surface area (Å²) in [6, 6.07) is 4.79. The maximum Gasteiger partial charge on any atom is 0.224 e. The first-order valence-corrected chi connectivity index (χ1v) is 8.11. The molecule has 1 amide bonds. The molecule has 21 heavy (non-hydrogen) atoms. The van der Waals surface area contributed by atoms with E-state index in [1.807, 2.05) is 0 Å². The molecule has 4 rings (SSSR count). The van der Waals surface area contributed by atoms with E-state index >= 15 is 0 Å². The molecule has 0 radical (unpaired) electrons. The third kappa shape index (κ3) is 2.45. The largest absolute Gasteiger partial charge is 0.464 e. The fraction of sp³-hybridized carbons (Fsp3) is 0.500. The zero-order chi connectivity index (χ0) is 14.2. The molecule has 0 unspecified atom stereocenters. The molecular formula is C18H21NO2. The molecular weight excluding hydrogens is 262 g/mol. The molecule has 1 aromatic carbocycles. The topological polar surface area (TPSA) is 42.2 Å². The van der Waals surface area contributed by atoms with Gasteiger partial charge in [0, 0.05) is 17.0 Å². The van der Waals surface area contributed by atoms with Gasteiger partial charge in [0.25, 0.3) is 0 Å². The number of benzene rings is 1. The Morgan fingerprint density at radius 2 is 1.90 bits per heavy atom. The van der Waals surface area contributed by atoms with Crippen LogP contribution in [0.15, 0.2) is 22.8 Å². The van der Waals surface area contributed by atoms with Gasteiger partial charge in [-0.1, -0.05) is 12.8 Å². The van der Waals surface area contributed by atoms with Crippen molar-refractivity contribution in [3.05, 3.63) is 35.1 Å². The summed E-state index contributed by atoms with van der Waals surface area (Å²) in [4.78, 5) is 12.2. The average molecular weight is 283 g/mol. The minimum atomic E-state index is 0.130. The number of carbonyl (C=O) groups is 1. The van der Waals surface area contributed by atoms with Crippen molar-refractivity contribution >= 4 is 16.9 Å². The fourth-order valence-electron chi connectivity index (χ4n) is 3.81. The van der Waals surface area contributed by atoms with Crippen molar-refractivity contribution in [2.45, 2.75) is 57.4 Å². The highest BCUT2D eigenvalue weighted by Crippen LogP contribution is 2.30. The van der Waals surface area contributed by atoms with Gasteiger partial charge in [0.05, 0.1) is 12.7 Å². The van der Waals surface area contributed by atoms with E-state index in [1.165, 1.54) is 30.4 Å². The molecule has 1 heterocycles. The average Bonchev–Trinajstić information content (AvgIpc) is 3.18. The van der Waals surface area contributed by atoms with Crippen LogP contribution < -0.4 is 5.32 Å². The van der Waals surface area contributed by atoms with Gasteiger partial charge in [-0.05, 0) is 55.4 Å². The quantitative estimate of drug-likeness (QED) is 0.936. The molecule has 2 aliphatic carbocycles. The Kier molecular flexibility index (Phi) is 3.21. The van der Waals surface area contributed by atoms with Crippen LogP contribution in [-0.2, 0) is 24.1 Å². The molecule has 0 aliphatic heterocycles. The lowest BCUT2D eigenvalue weighted by atomic mass is 10.0. The molecule has 0 spiro atoms. The Morgan fingerprint density at radius 1 is 1.14 bits per heavy atom. The van der Waals surface area contributed by atoms with Gasteiger partial charge in [-0.3, -0.25) is 4.79 Å². The van der Waals surface area contributed by atoms with Crippen LogP contribution in [0.4, 0.5) is 0 Å². The van der Waals surface area contributed by atoms with Crippen LogP contribution in [0.3, 0.4) is 0 Å². The molecule has 0 saturated heterocycles. The minimum absolute atomic E-state index is 0.130. The van der Waals surface area contributed by atoms with E-state index in [4.69, 9.17) is 4.42 Å². The Balaban J connectivity index is 1.54. The molecule has 3 heteroatoms. The normalized spacial score (nSPS) is 18.3. The second-order valence-corrected chi connectivity index (χ2v) is 6.46. The van der Waals surface area contributed by atoms with Crippen LogP contribution in [0.5, 0.6) is 0 Å². The Hall–Kier alpha value is -1.77. The highest BCUT2D eigenvalue weighted by molar-refractivity contribution is 5.88. The van der Waals surface area contributed by atoms with E-state index in [9.17, 15) is 4.79 Å². The molecule has 3 nitrogen and oxygen atoms in total. The van der Waals surface area contributed by atoms with E-state index in [2.05, 4.69) is 17.4 Å². The summed E-state index contributed by atoms with van der Waals surface area (Å²) in [6.07, 6.45) is 10.5. The first-order valence-electron chi connectivity index (χ1n) is 8.11. The number of amides is 1. The lowest BCUT2D eigenvalue weighted by molar-refractivity contribution is -0.121. The third-order valence-corrected chi connectivity index (χ3v) is 4.94. The molecule has 1 saturated carbocycles. The Bertz CT molecular complexity index is 680. The summed E-state index contributed by atoms with van der Waals surface area (Å²) >= 11 is 0. The second kappa shape index (κ2) is 5.21. The van der Waals surface area contributed by atoms with E-state index in [-0.39, 0.29) is 5.91 Å². The number of furan rings is 1. The standard InChI is InChI=1S/C18H21NO2/c20-18(19-15-6-1-2-7-15)10-14-11-21-17-9-13-5-3-4-12(13)8-16(14)17/h8-9,11,15H,1-7,10H2,(H,19,20). The molecule has 0 bridgehead atoms. The first-order chi connectivity index (χ1) is 10.3. The van der Waals surface area contributed by atoms with Crippen molar-refractivity contribution in [3.8, 4) is 0 Å². The van der Waals surface area contributed by atoms with E-state index in [1.54, 1.807) is 6.26 Å². The van der Waals surface area contributed by atoms with Crippen LogP contribution in [0.25, 0.3) is 11.0 Å². The zero-order valence-electron chi connectivity index (χ0n) is 12.3. The molecule has 0 atom stereocenters. The Morgan fingerprint density at radius 3 is 2.71 bits per heavy atom. The van der Waals surface area contributed by atoms with E-state index < -0.39 is 0 Å². The number of hydrogen-bond acceptors (Lipinski definition) is 2. The maximum atomic E-state index is 12.2. The number of carbonyl (C=O) groups excluding carboxylic acids is 1.